The molecule has 0 aromatic heterocycles. The predicted octanol–water partition coefficient (Wildman–Crippen LogP) is 2.93. The lowest BCUT2D eigenvalue weighted by molar-refractivity contribution is -0.147. The van der Waals surface area contributed by atoms with Gasteiger partial charge < -0.3 is 35.6 Å². The smallest absolute Gasteiger partial charge is 0.329 e. The van der Waals surface area contributed by atoms with Crippen molar-refractivity contribution in [3.8, 4) is 5.75 Å². The van der Waals surface area contributed by atoms with Crippen molar-refractivity contribution in [1.29, 1.82) is 0 Å². The van der Waals surface area contributed by atoms with Gasteiger partial charge in [0.25, 0.3) is 5.91 Å². The molecule has 2 rings (SSSR count). The molecule has 12 nitrogen and oxygen atoms in total. The van der Waals surface area contributed by atoms with Gasteiger partial charge in [-0.1, -0.05) is 12.1 Å². The second-order valence-corrected chi connectivity index (χ2v) is 9.95. The van der Waals surface area contributed by atoms with Crippen LogP contribution in [0, 0.1) is 3.57 Å². The summed E-state index contributed by atoms with van der Waals surface area (Å²) in [4.78, 5) is 59.8. The molecule has 5 N–H and O–H groups in total. The third kappa shape index (κ3) is 11.9. The number of halogens is 1. The zero-order valence-electron chi connectivity index (χ0n) is 21.9. The highest BCUT2D eigenvalue weighted by molar-refractivity contribution is 14.1. The van der Waals surface area contributed by atoms with E-state index in [4.69, 9.17) is 14.6 Å². The highest BCUT2D eigenvalue weighted by Gasteiger charge is 2.26. The Hall–Kier alpha value is -3.88. The van der Waals surface area contributed by atoms with Gasteiger partial charge in [-0.2, -0.15) is 0 Å². The van der Waals surface area contributed by atoms with E-state index in [9.17, 15) is 29.1 Å². The lowest BCUT2D eigenvalue weighted by Gasteiger charge is -2.20. The van der Waals surface area contributed by atoms with Crippen LogP contribution < -0.4 is 20.7 Å². The Labute approximate surface area is 244 Å². The maximum absolute atomic E-state index is 12.8. The predicted molar refractivity (Wildman–Crippen MR) is 152 cm³/mol. The minimum absolute atomic E-state index is 0.0644. The topological polar surface area (TPSA) is 180 Å². The van der Waals surface area contributed by atoms with Crippen molar-refractivity contribution in [1.82, 2.24) is 16.0 Å². The molecule has 40 heavy (non-hydrogen) atoms. The molecule has 0 saturated heterocycles. The number of ether oxygens (including phenoxy) is 2. The minimum atomic E-state index is -1.46. The third-order valence-electron chi connectivity index (χ3n) is 5.69. The molecule has 0 bridgehead atoms. The maximum atomic E-state index is 12.8. The molecule has 0 aliphatic heterocycles. The van der Waals surface area contributed by atoms with Crippen LogP contribution in [-0.2, 0) is 25.7 Å². The van der Waals surface area contributed by atoms with Gasteiger partial charge in [-0.15, -0.1) is 0 Å². The largest absolute Gasteiger partial charge is 0.497 e. The number of carboxylic acid groups (broad SMARTS) is 2. The molecule has 2 aromatic rings. The summed E-state index contributed by atoms with van der Waals surface area (Å²) in [6.45, 7) is 0.270. The Kier molecular flexibility index (Phi) is 13.7. The van der Waals surface area contributed by atoms with E-state index in [2.05, 4.69) is 38.5 Å². The monoisotopic (exact) mass is 669 g/mol. The molecule has 0 radical (unpaired) electrons. The number of carboxylic acids is 2. The van der Waals surface area contributed by atoms with E-state index >= 15 is 0 Å². The van der Waals surface area contributed by atoms with Crippen molar-refractivity contribution in [3.05, 3.63) is 63.2 Å². The summed E-state index contributed by atoms with van der Waals surface area (Å²) in [5.41, 5.74) is 1.21. The molecule has 0 heterocycles. The van der Waals surface area contributed by atoms with E-state index in [0.29, 0.717) is 36.3 Å². The molecular weight excluding hydrogens is 637 g/mol. The first-order valence-corrected chi connectivity index (χ1v) is 13.5. The number of rotatable bonds is 16. The highest BCUT2D eigenvalue weighted by Crippen LogP contribution is 2.13. The summed E-state index contributed by atoms with van der Waals surface area (Å²) in [5, 5.41) is 25.5. The van der Waals surface area contributed by atoms with E-state index in [0.717, 1.165) is 3.57 Å². The number of carbonyl (C=O) groups is 5. The van der Waals surface area contributed by atoms with Gasteiger partial charge in [0.05, 0.1) is 7.11 Å². The highest BCUT2D eigenvalue weighted by atomic mass is 127. The quantitative estimate of drug-likeness (QED) is 0.102. The van der Waals surface area contributed by atoms with Crippen molar-refractivity contribution in [2.75, 3.05) is 13.7 Å². The summed E-state index contributed by atoms with van der Waals surface area (Å²) >= 11 is 2.15. The van der Waals surface area contributed by atoms with E-state index in [1.807, 2.05) is 12.1 Å². The average molecular weight is 669 g/mol. The Morgan fingerprint density at radius 3 is 2.12 bits per heavy atom. The van der Waals surface area contributed by atoms with Crippen LogP contribution in [0.15, 0.2) is 48.5 Å². The van der Waals surface area contributed by atoms with Gasteiger partial charge in [0.1, 0.15) is 24.4 Å². The molecule has 2 unspecified atom stereocenters. The fourth-order valence-electron chi connectivity index (χ4n) is 3.49. The van der Waals surface area contributed by atoms with E-state index in [-0.39, 0.29) is 25.4 Å². The molecule has 2 aromatic carbocycles. The molecule has 0 aliphatic rings. The summed E-state index contributed by atoms with van der Waals surface area (Å²) in [6.07, 6.45) is 0.291. The molecular formula is C27H32IN3O9. The van der Waals surface area contributed by atoms with Crippen LogP contribution in [0.25, 0.3) is 0 Å². The number of esters is 1. The number of carbonyl (C=O) groups excluding carboxylic acids is 3. The number of benzene rings is 2. The molecule has 0 fully saturated rings. The van der Waals surface area contributed by atoms with Crippen LogP contribution in [0.2, 0.25) is 0 Å². The van der Waals surface area contributed by atoms with Crippen LogP contribution in [0.3, 0.4) is 0 Å². The first-order valence-electron chi connectivity index (χ1n) is 12.4. The number of amides is 3. The summed E-state index contributed by atoms with van der Waals surface area (Å²) in [7, 11) is 1.53. The van der Waals surface area contributed by atoms with Gasteiger partial charge in [0.2, 0.25) is 0 Å². The normalized spacial score (nSPS) is 11.9. The van der Waals surface area contributed by atoms with Gasteiger partial charge in [-0.05, 0) is 90.2 Å². The van der Waals surface area contributed by atoms with Crippen molar-refractivity contribution >= 4 is 52.4 Å². The maximum Gasteiger partial charge on any atom is 0.329 e. The molecule has 2 atom stereocenters. The molecule has 3 amide bonds. The van der Waals surface area contributed by atoms with E-state index < -0.39 is 42.4 Å². The Balaban J connectivity index is 1.94. The number of urea groups is 1. The van der Waals surface area contributed by atoms with Crippen LogP contribution in [0.1, 0.15) is 48.0 Å². The SMILES string of the molecule is COc1ccc(COC(=O)C(CCCCNC(=O)c2ccc(I)cc2)NC(=O)NC(CCC(=O)O)C(=O)O)cc1. The van der Waals surface area contributed by atoms with Crippen molar-refractivity contribution < 1.29 is 43.7 Å². The fourth-order valence-corrected chi connectivity index (χ4v) is 3.85. The van der Waals surface area contributed by atoms with Crippen LogP contribution >= 0.6 is 22.6 Å². The zero-order valence-corrected chi connectivity index (χ0v) is 24.0. The standard InChI is InChI=1S/C27H32IN3O9/c1-39-20-11-5-17(6-12-20)16-40-26(37)22(31-27(38)30-21(25(35)36)13-14-23(32)33)4-2-3-15-29-24(34)18-7-9-19(28)10-8-18/h5-12,21-22H,2-4,13-16H2,1H3,(H,29,34)(H,32,33)(H,35,36)(H2,30,31,38). The summed E-state index contributed by atoms with van der Waals surface area (Å²) < 4.78 is 11.5. The van der Waals surface area contributed by atoms with Crippen LogP contribution in [-0.4, -0.2) is 65.8 Å². The van der Waals surface area contributed by atoms with Crippen molar-refractivity contribution in [2.45, 2.75) is 50.8 Å². The van der Waals surface area contributed by atoms with Gasteiger partial charge in [-0.25, -0.2) is 14.4 Å². The second kappa shape index (κ2) is 16.9. The molecule has 13 heteroatoms. The zero-order chi connectivity index (χ0) is 29.5. The first kappa shape index (κ1) is 32.3. The fraction of sp³-hybridized carbons (Fsp3) is 0.370. The lowest BCUT2D eigenvalue weighted by atomic mass is 10.1. The molecule has 0 aliphatic carbocycles. The van der Waals surface area contributed by atoms with Crippen LogP contribution in [0.4, 0.5) is 4.79 Å². The number of hydrogen-bond donors (Lipinski definition) is 5. The lowest BCUT2D eigenvalue weighted by Crippen LogP contribution is -2.51. The Morgan fingerprint density at radius 2 is 1.52 bits per heavy atom. The Bertz CT molecular complexity index is 1160. The van der Waals surface area contributed by atoms with Gasteiger partial charge in [0, 0.05) is 22.1 Å². The molecule has 216 valence electrons. The average Bonchev–Trinajstić information content (AvgIpc) is 2.93. The summed E-state index contributed by atoms with van der Waals surface area (Å²) in [6, 6.07) is 10.4. The second-order valence-electron chi connectivity index (χ2n) is 8.71. The Morgan fingerprint density at radius 1 is 0.875 bits per heavy atom. The summed E-state index contributed by atoms with van der Waals surface area (Å²) in [5.74, 6) is -2.94. The van der Waals surface area contributed by atoms with E-state index in [1.165, 1.54) is 7.11 Å². The molecule has 0 saturated carbocycles. The van der Waals surface area contributed by atoms with Crippen molar-refractivity contribution in [2.24, 2.45) is 0 Å². The van der Waals surface area contributed by atoms with Gasteiger partial charge in [-0.3, -0.25) is 9.59 Å². The number of nitrogens with one attached hydrogen (secondary N) is 3. The first-order chi connectivity index (χ1) is 19.1. The van der Waals surface area contributed by atoms with Crippen LogP contribution in [0.5, 0.6) is 5.75 Å². The van der Waals surface area contributed by atoms with Gasteiger partial charge >= 0.3 is 23.9 Å². The molecule has 0 spiro atoms. The van der Waals surface area contributed by atoms with Crippen molar-refractivity contribution in [3.63, 3.8) is 0 Å². The third-order valence-corrected chi connectivity index (χ3v) is 6.41. The van der Waals surface area contributed by atoms with E-state index in [1.54, 1.807) is 36.4 Å². The number of methoxy groups -OCH3 is 1. The number of unbranched alkanes of at least 4 members (excludes halogenated alkanes) is 1. The minimum Gasteiger partial charge on any atom is -0.497 e. The number of hydrogen-bond acceptors (Lipinski definition) is 7. The van der Waals surface area contributed by atoms with Gasteiger partial charge in [0.15, 0.2) is 0 Å². The number of aliphatic carboxylic acids is 2.